The van der Waals surface area contributed by atoms with E-state index in [0.29, 0.717) is 0 Å². The zero-order valence-electron chi connectivity index (χ0n) is 6.37. The van der Waals surface area contributed by atoms with Crippen LogP contribution in [0.25, 0.3) is 11.0 Å². The minimum atomic E-state index is -2.69. The van der Waals surface area contributed by atoms with Crippen molar-refractivity contribution >= 4 is 11.0 Å². The third-order valence-electron chi connectivity index (χ3n) is 1.69. The molecule has 68 valence electrons. The van der Waals surface area contributed by atoms with Crippen LogP contribution in [0.3, 0.4) is 0 Å². The van der Waals surface area contributed by atoms with Crippen molar-refractivity contribution in [3.8, 4) is 5.75 Å². The third kappa shape index (κ3) is 1.22. The molecular weight excluding hydrogens is 180 g/mol. The summed E-state index contributed by atoms with van der Waals surface area (Å²) in [5.41, 5.74) is -0.195. The van der Waals surface area contributed by atoms with Crippen LogP contribution < -0.4 is 0 Å². The molecule has 0 atom stereocenters. The Hall–Kier alpha value is -1.65. The van der Waals surface area contributed by atoms with Crippen molar-refractivity contribution in [3.63, 3.8) is 0 Å². The van der Waals surface area contributed by atoms with Crippen molar-refractivity contribution in [1.82, 2.24) is 5.16 Å². The van der Waals surface area contributed by atoms with Gasteiger partial charge in [-0.15, -0.1) is 0 Å². The van der Waals surface area contributed by atoms with Gasteiger partial charge in [0.15, 0.2) is 11.3 Å². The first kappa shape index (κ1) is 7.97. The number of nitrogens with zero attached hydrogens (tertiary/aromatic N) is 1. The van der Waals surface area contributed by atoms with Crippen LogP contribution in [0, 0.1) is 0 Å². The zero-order chi connectivity index (χ0) is 9.42. The summed E-state index contributed by atoms with van der Waals surface area (Å²) in [4.78, 5) is 0. The summed E-state index contributed by atoms with van der Waals surface area (Å²) in [5.74, 6) is -0.0856. The van der Waals surface area contributed by atoms with Gasteiger partial charge in [0.05, 0.1) is 5.39 Å². The Labute approximate surface area is 71.6 Å². The van der Waals surface area contributed by atoms with E-state index in [-0.39, 0.29) is 16.7 Å². The van der Waals surface area contributed by atoms with Gasteiger partial charge in [-0.05, 0) is 18.2 Å². The lowest BCUT2D eigenvalue weighted by Crippen LogP contribution is -1.83. The molecule has 0 amide bonds. The summed E-state index contributed by atoms with van der Waals surface area (Å²) in [7, 11) is 0. The number of fused-ring (bicyclic) bond motifs is 1. The van der Waals surface area contributed by atoms with E-state index in [4.69, 9.17) is 5.11 Å². The highest BCUT2D eigenvalue weighted by atomic mass is 19.3. The van der Waals surface area contributed by atoms with Crippen molar-refractivity contribution in [2.45, 2.75) is 6.43 Å². The highest BCUT2D eigenvalue weighted by molar-refractivity contribution is 5.81. The Morgan fingerprint density at radius 3 is 2.85 bits per heavy atom. The summed E-state index contributed by atoms with van der Waals surface area (Å²) < 4.78 is 29.1. The molecule has 0 aliphatic rings. The maximum absolute atomic E-state index is 12.3. The van der Waals surface area contributed by atoms with Crippen LogP contribution in [0.4, 0.5) is 8.78 Å². The second-order valence-electron chi connectivity index (χ2n) is 2.55. The van der Waals surface area contributed by atoms with Crippen molar-refractivity contribution in [1.29, 1.82) is 0 Å². The summed E-state index contributed by atoms with van der Waals surface area (Å²) in [6, 6.07) is 3.94. The Balaban J connectivity index is 2.71. The Morgan fingerprint density at radius 1 is 1.38 bits per heavy atom. The van der Waals surface area contributed by atoms with Gasteiger partial charge in [0, 0.05) is 0 Å². The normalized spacial score (nSPS) is 11.3. The van der Waals surface area contributed by atoms with Crippen LogP contribution in [0.2, 0.25) is 0 Å². The highest BCUT2D eigenvalue weighted by Crippen LogP contribution is 2.29. The molecule has 3 nitrogen and oxygen atoms in total. The predicted octanol–water partition coefficient (Wildman–Crippen LogP) is 2.47. The maximum atomic E-state index is 12.3. The quantitative estimate of drug-likeness (QED) is 0.742. The number of halogens is 2. The van der Waals surface area contributed by atoms with Crippen molar-refractivity contribution in [2.24, 2.45) is 0 Å². The van der Waals surface area contributed by atoms with Crippen molar-refractivity contribution in [3.05, 3.63) is 23.9 Å². The Bertz CT molecular complexity index is 439. The number of rotatable bonds is 1. The minimum absolute atomic E-state index is 0.0856. The van der Waals surface area contributed by atoms with Gasteiger partial charge in [-0.3, -0.25) is 0 Å². The van der Waals surface area contributed by atoms with E-state index in [1.807, 2.05) is 0 Å². The Kier molecular flexibility index (Phi) is 1.65. The monoisotopic (exact) mass is 185 g/mol. The summed E-state index contributed by atoms with van der Waals surface area (Å²) >= 11 is 0. The fourth-order valence-electron chi connectivity index (χ4n) is 1.10. The first-order valence-corrected chi connectivity index (χ1v) is 3.55. The fraction of sp³-hybridized carbons (Fsp3) is 0.125. The molecule has 13 heavy (non-hydrogen) atoms. The molecule has 1 N–H and O–H groups in total. The number of phenols is 1. The summed E-state index contributed by atoms with van der Waals surface area (Å²) in [6.07, 6.45) is -2.69. The summed E-state index contributed by atoms with van der Waals surface area (Å²) in [6.45, 7) is 0. The first-order chi connectivity index (χ1) is 6.18. The van der Waals surface area contributed by atoms with E-state index in [1.165, 1.54) is 18.2 Å². The molecule has 0 bridgehead atoms. The lowest BCUT2D eigenvalue weighted by molar-refractivity contribution is 0.142. The number of aromatic nitrogens is 1. The number of hydrogen-bond donors (Lipinski definition) is 1. The van der Waals surface area contributed by atoms with E-state index in [0.717, 1.165) is 0 Å². The second-order valence-corrected chi connectivity index (χ2v) is 2.55. The number of alkyl halides is 2. The van der Waals surface area contributed by atoms with Gasteiger partial charge in [0.2, 0.25) is 0 Å². The van der Waals surface area contributed by atoms with E-state index in [9.17, 15) is 8.78 Å². The van der Waals surface area contributed by atoms with Crippen LogP contribution >= 0.6 is 0 Å². The molecule has 0 aliphatic heterocycles. The number of benzene rings is 1. The second kappa shape index (κ2) is 2.69. The molecule has 1 aromatic carbocycles. The number of hydrogen-bond acceptors (Lipinski definition) is 3. The van der Waals surface area contributed by atoms with Gasteiger partial charge in [0.1, 0.15) is 5.75 Å². The molecule has 0 saturated carbocycles. The van der Waals surface area contributed by atoms with Crippen molar-refractivity contribution < 1.29 is 18.4 Å². The third-order valence-corrected chi connectivity index (χ3v) is 1.69. The molecule has 0 fully saturated rings. The first-order valence-electron chi connectivity index (χ1n) is 3.55. The Morgan fingerprint density at radius 2 is 2.15 bits per heavy atom. The van der Waals surface area contributed by atoms with E-state index in [2.05, 4.69) is 9.68 Å². The number of phenolic OH excluding ortho intramolecular Hbond substituents is 1. The standard InChI is InChI=1S/C8H5F2NO2/c9-8(10)7-5-3-4(12)1-2-6(5)13-11-7/h1-3,8,12H. The predicted molar refractivity (Wildman–Crippen MR) is 40.6 cm³/mol. The SMILES string of the molecule is Oc1ccc2onc(C(F)F)c2c1. The molecule has 0 saturated heterocycles. The van der Waals surface area contributed by atoms with Crippen molar-refractivity contribution in [2.75, 3.05) is 0 Å². The van der Waals surface area contributed by atoms with Gasteiger partial charge >= 0.3 is 0 Å². The lowest BCUT2D eigenvalue weighted by atomic mass is 10.2. The van der Waals surface area contributed by atoms with Crippen LogP contribution in [0.1, 0.15) is 12.1 Å². The number of aromatic hydroxyl groups is 1. The molecule has 1 heterocycles. The molecule has 0 radical (unpaired) electrons. The van der Waals surface area contributed by atoms with Gasteiger partial charge < -0.3 is 9.63 Å². The average molecular weight is 185 g/mol. The molecule has 0 aliphatic carbocycles. The lowest BCUT2D eigenvalue weighted by Gasteiger charge is -1.92. The van der Waals surface area contributed by atoms with E-state index < -0.39 is 12.1 Å². The van der Waals surface area contributed by atoms with Crippen LogP contribution in [-0.4, -0.2) is 10.3 Å². The summed E-state index contributed by atoms with van der Waals surface area (Å²) in [5, 5.41) is 12.4. The van der Waals surface area contributed by atoms with Gasteiger partial charge in [0.25, 0.3) is 6.43 Å². The van der Waals surface area contributed by atoms with E-state index in [1.54, 1.807) is 0 Å². The van der Waals surface area contributed by atoms with Crippen LogP contribution in [-0.2, 0) is 0 Å². The molecule has 0 spiro atoms. The minimum Gasteiger partial charge on any atom is -0.508 e. The van der Waals surface area contributed by atoms with Gasteiger partial charge in [-0.1, -0.05) is 5.16 Å². The van der Waals surface area contributed by atoms with Gasteiger partial charge in [-0.2, -0.15) is 0 Å². The van der Waals surface area contributed by atoms with Gasteiger partial charge in [-0.25, -0.2) is 8.78 Å². The molecule has 5 heteroatoms. The molecule has 0 unspecified atom stereocenters. The smallest absolute Gasteiger partial charge is 0.284 e. The largest absolute Gasteiger partial charge is 0.508 e. The average Bonchev–Trinajstić information content (AvgIpc) is 2.46. The van der Waals surface area contributed by atoms with Crippen LogP contribution in [0.5, 0.6) is 5.75 Å². The highest BCUT2D eigenvalue weighted by Gasteiger charge is 2.17. The topological polar surface area (TPSA) is 46.3 Å². The fourth-order valence-corrected chi connectivity index (χ4v) is 1.10. The maximum Gasteiger partial charge on any atom is 0.284 e. The molecule has 1 aromatic heterocycles. The molecule has 2 aromatic rings. The zero-order valence-corrected chi connectivity index (χ0v) is 6.37. The van der Waals surface area contributed by atoms with Crippen LogP contribution in [0.15, 0.2) is 22.7 Å². The molecule has 2 rings (SSSR count). The van der Waals surface area contributed by atoms with E-state index >= 15 is 0 Å². The molecular formula is C8H5F2NO2.